The van der Waals surface area contributed by atoms with Gasteiger partial charge in [0, 0.05) is 31.6 Å². The second-order valence-corrected chi connectivity index (χ2v) is 12.4. The molecule has 1 amide bonds. The number of rotatable bonds is 7. The van der Waals surface area contributed by atoms with Gasteiger partial charge < -0.3 is 19.3 Å². The van der Waals surface area contributed by atoms with Crippen molar-refractivity contribution in [1.82, 2.24) is 19.8 Å². The fourth-order valence-corrected chi connectivity index (χ4v) is 7.56. The summed E-state index contributed by atoms with van der Waals surface area (Å²) in [5.74, 6) is -1.52. The first-order valence-electron chi connectivity index (χ1n) is 15.0. The molecular weight excluding hydrogens is 616 g/mol. The van der Waals surface area contributed by atoms with Crippen molar-refractivity contribution < 1.29 is 31.8 Å². The molecule has 5 heterocycles. The maximum Gasteiger partial charge on any atom is 0.418 e. The van der Waals surface area contributed by atoms with Crippen LogP contribution in [0.4, 0.5) is 23.4 Å². The van der Waals surface area contributed by atoms with E-state index in [4.69, 9.17) is 31.0 Å². The first-order chi connectivity index (χ1) is 21.5. The smallest absolute Gasteiger partial charge is 0.418 e. The van der Waals surface area contributed by atoms with Crippen LogP contribution in [0, 0.1) is 11.3 Å². The van der Waals surface area contributed by atoms with Crippen molar-refractivity contribution in [3.8, 4) is 12.1 Å². The molecule has 1 aromatic carbocycles. The average molecular weight is 649 g/mol. The maximum atomic E-state index is 14.0. The number of piperazine rings is 1. The summed E-state index contributed by atoms with van der Waals surface area (Å²) in [6.07, 6.45) is -1.53. The minimum Gasteiger partial charge on any atom is -0.461 e. The fourth-order valence-electron chi connectivity index (χ4n) is 7.28. The number of halogens is 5. The van der Waals surface area contributed by atoms with E-state index < -0.39 is 40.6 Å². The highest BCUT2D eigenvalue weighted by Gasteiger charge is 2.45. The molecule has 45 heavy (non-hydrogen) atoms. The van der Waals surface area contributed by atoms with Gasteiger partial charge in [0.25, 0.3) is 5.91 Å². The fraction of sp³-hybridized carbons (Fsp3) is 0.548. The Kier molecular flexibility index (Phi) is 8.67. The van der Waals surface area contributed by atoms with E-state index in [1.54, 1.807) is 0 Å². The zero-order valence-corrected chi connectivity index (χ0v) is 25.3. The number of hydrogen-bond donors (Lipinski definition) is 0. The van der Waals surface area contributed by atoms with Gasteiger partial charge in [-0.15, -0.1) is 0 Å². The van der Waals surface area contributed by atoms with E-state index in [1.165, 1.54) is 23.1 Å². The van der Waals surface area contributed by atoms with E-state index >= 15 is 0 Å². The van der Waals surface area contributed by atoms with E-state index in [-0.39, 0.29) is 56.2 Å². The van der Waals surface area contributed by atoms with Gasteiger partial charge in [-0.2, -0.15) is 28.4 Å². The van der Waals surface area contributed by atoms with Gasteiger partial charge in [-0.3, -0.25) is 9.69 Å². The molecule has 4 aliphatic heterocycles. The molecule has 4 aliphatic rings. The lowest BCUT2D eigenvalue weighted by Crippen LogP contribution is -2.55. The van der Waals surface area contributed by atoms with Gasteiger partial charge in [0.15, 0.2) is 5.83 Å². The number of alkyl halides is 3. The molecule has 6 rings (SSSR count). The number of ether oxygens (including phenoxy) is 2. The summed E-state index contributed by atoms with van der Waals surface area (Å²) in [5.41, 5.74) is -0.0452. The molecule has 3 fully saturated rings. The standard InChI is InChI=1S/C31H33ClF4N6O3/c1-19(33)28(43)42-14-13-40(16-20(42)7-10-37)27-22-17-44-25(21-5-2-6-23(32)26(21)31(34,35)36)15-24(22)38-29(39-27)45-18-30-8-3-11-41(30)12-4-9-30/h2,5-6,20,25H,1,3-4,7-9,11-18H2/t20-,25-/m0/s1. The van der Waals surface area contributed by atoms with E-state index in [0.29, 0.717) is 23.7 Å². The number of carbonyl (C=O) groups is 1. The number of nitrogens with zero attached hydrogens (tertiary/aromatic N) is 6. The summed E-state index contributed by atoms with van der Waals surface area (Å²) in [6.45, 7) is 5.98. The number of fused-ring (bicyclic) bond motifs is 2. The van der Waals surface area contributed by atoms with Crippen molar-refractivity contribution in [2.24, 2.45) is 0 Å². The number of benzene rings is 1. The van der Waals surface area contributed by atoms with Crippen LogP contribution in [0.5, 0.6) is 6.01 Å². The highest BCUT2D eigenvalue weighted by molar-refractivity contribution is 6.31. The van der Waals surface area contributed by atoms with Crippen LogP contribution < -0.4 is 9.64 Å². The van der Waals surface area contributed by atoms with E-state index in [0.717, 1.165) is 38.8 Å². The Morgan fingerprint density at radius 3 is 2.64 bits per heavy atom. The summed E-state index contributed by atoms with van der Waals surface area (Å²) in [4.78, 5) is 27.5. The SMILES string of the molecule is C=C(F)C(=O)N1CCN(c2nc(OCC34CCCN3CCC4)nc3c2CO[C@H](c2cccc(Cl)c2C(F)(F)F)C3)C[C@@H]1CC#N. The van der Waals surface area contributed by atoms with Crippen LogP contribution in [-0.4, -0.2) is 76.6 Å². The highest BCUT2D eigenvalue weighted by Crippen LogP contribution is 2.44. The summed E-state index contributed by atoms with van der Waals surface area (Å²) in [6, 6.07) is 5.55. The molecule has 0 unspecified atom stereocenters. The molecule has 0 aliphatic carbocycles. The molecule has 0 N–H and O–H groups in total. The topological polar surface area (TPSA) is 94.8 Å². The molecule has 9 nitrogen and oxygen atoms in total. The van der Waals surface area contributed by atoms with Crippen LogP contribution in [0.2, 0.25) is 5.02 Å². The summed E-state index contributed by atoms with van der Waals surface area (Å²) < 4.78 is 68.2. The van der Waals surface area contributed by atoms with Gasteiger partial charge in [0.1, 0.15) is 12.4 Å². The molecule has 0 radical (unpaired) electrons. The molecule has 0 spiro atoms. The second-order valence-electron chi connectivity index (χ2n) is 12.0. The Balaban J connectivity index is 1.34. The first-order valence-corrected chi connectivity index (χ1v) is 15.4. The third-order valence-electron chi connectivity index (χ3n) is 9.42. The maximum absolute atomic E-state index is 14.0. The van der Waals surface area contributed by atoms with Gasteiger partial charge in [0.05, 0.1) is 53.1 Å². The Labute approximate surface area is 263 Å². The number of hydrogen-bond acceptors (Lipinski definition) is 8. The highest BCUT2D eigenvalue weighted by atomic mass is 35.5. The van der Waals surface area contributed by atoms with E-state index in [1.807, 2.05) is 4.90 Å². The van der Waals surface area contributed by atoms with Crippen LogP contribution in [0.3, 0.4) is 0 Å². The zero-order valence-electron chi connectivity index (χ0n) is 24.6. The summed E-state index contributed by atoms with van der Waals surface area (Å²) >= 11 is 6.01. The number of amides is 1. The second kappa shape index (κ2) is 12.4. The van der Waals surface area contributed by atoms with E-state index in [2.05, 4.69) is 17.5 Å². The minimum atomic E-state index is -4.69. The molecule has 0 bridgehead atoms. The van der Waals surface area contributed by atoms with Gasteiger partial charge in [-0.05, 0) is 50.4 Å². The Bertz CT molecular complexity index is 1520. The molecular formula is C31H33ClF4N6O3. The Morgan fingerprint density at radius 2 is 1.96 bits per heavy atom. The van der Waals surface area contributed by atoms with Gasteiger partial charge in [0.2, 0.25) is 0 Å². The number of carbonyl (C=O) groups excluding carboxylic acids is 1. The molecule has 2 aromatic rings. The average Bonchev–Trinajstić information content (AvgIpc) is 3.59. The third-order valence-corrected chi connectivity index (χ3v) is 9.73. The quantitative estimate of drug-likeness (QED) is 0.292. The largest absolute Gasteiger partial charge is 0.461 e. The molecule has 14 heteroatoms. The van der Waals surface area contributed by atoms with Crippen molar-refractivity contribution in [2.75, 3.05) is 44.2 Å². The first kappa shape index (κ1) is 31.5. The van der Waals surface area contributed by atoms with Gasteiger partial charge in [-0.1, -0.05) is 30.3 Å². The Hall–Kier alpha value is -3.47. The van der Waals surface area contributed by atoms with Crippen LogP contribution in [0.1, 0.15) is 60.6 Å². The number of aromatic nitrogens is 2. The van der Waals surface area contributed by atoms with Crippen molar-refractivity contribution in [3.05, 3.63) is 58.0 Å². The summed E-state index contributed by atoms with van der Waals surface area (Å²) in [5, 5.41) is 9.04. The van der Waals surface area contributed by atoms with Crippen LogP contribution in [0.25, 0.3) is 0 Å². The van der Waals surface area contributed by atoms with Crippen molar-refractivity contribution in [1.29, 1.82) is 5.26 Å². The van der Waals surface area contributed by atoms with Crippen molar-refractivity contribution in [2.45, 2.75) is 69.0 Å². The molecule has 240 valence electrons. The van der Waals surface area contributed by atoms with Gasteiger partial charge in [-0.25, -0.2) is 4.39 Å². The zero-order chi connectivity index (χ0) is 31.9. The lowest BCUT2D eigenvalue weighted by molar-refractivity contribution is -0.139. The predicted octanol–water partition coefficient (Wildman–Crippen LogP) is 5.38. The molecule has 2 atom stereocenters. The minimum absolute atomic E-state index is 0.0175. The lowest BCUT2D eigenvalue weighted by Gasteiger charge is -2.42. The van der Waals surface area contributed by atoms with Crippen LogP contribution >= 0.6 is 11.6 Å². The molecule has 1 aromatic heterocycles. The Morgan fingerprint density at radius 1 is 1.20 bits per heavy atom. The van der Waals surface area contributed by atoms with Crippen molar-refractivity contribution >= 4 is 23.3 Å². The number of nitriles is 1. The third kappa shape index (κ3) is 6.07. The molecule has 0 saturated carbocycles. The molecule has 3 saturated heterocycles. The normalized spacial score (nSPS) is 22.9. The van der Waals surface area contributed by atoms with Crippen LogP contribution in [0.15, 0.2) is 30.6 Å². The predicted molar refractivity (Wildman–Crippen MR) is 156 cm³/mol. The van der Waals surface area contributed by atoms with E-state index in [9.17, 15) is 27.6 Å². The van der Waals surface area contributed by atoms with Crippen molar-refractivity contribution in [3.63, 3.8) is 0 Å². The monoisotopic (exact) mass is 648 g/mol. The van der Waals surface area contributed by atoms with Crippen LogP contribution in [-0.2, 0) is 28.7 Å². The summed E-state index contributed by atoms with van der Waals surface area (Å²) in [7, 11) is 0. The van der Waals surface area contributed by atoms with Gasteiger partial charge >= 0.3 is 12.2 Å². The lowest BCUT2D eigenvalue weighted by atomic mass is 9.94. The number of anilines is 1.